The van der Waals surface area contributed by atoms with Gasteiger partial charge in [0.05, 0.1) is 16.6 Å². The third-order valence-electron chi connectivity index (χ3n) is 12.8. The van der Waals surface area contributed by atoms with Crippen molar-refractivity contribution in [1.82, 2.24) is 14.5 Å². The molecule has 0 unspecified atom stereocenters. The Bertz CT molecular complexity index is 2980. The van der Waals surface area contributed by atoms with Gasteiger partial charge in [-0.3, -0.25) is 9.55 Å². The van der Waals surface area contributed by atoms with Crippen LogP contribution in [0.3, 0.4) is 0 Å². The van der Waals surface area contributed by atoms with Crippen molar-refractivity contribution in [2.75, 3.05) is 0 Å². The van der Waals surface area contributed by atoms with E-state index < -0.39 is 0 Å². The summed E-state index contributed by atoms with van der Waals surface area (Å²) >= 11 is 0. The molecule has 61 heavy (non-hydrogen) atoms. The number of pyridine rings is 1. The summed E-state index contributed by atoms with van der Waals surface area (Å²) < 4.78 is 2.33. The zero-order valence-corrected chi connectivity index (χ0v) is 39.6. The maximum absolute atomic E-state index is 11.8. The molecule has 6 aromatic carbocycles. The molecular weight excluding hydrogens is 925 g/mol. The number of aromatic nitrogens is 3. The van der Waals surface area contributed by atoms with E-state index in [0.29, 0.717) is 17.8 Å². The molecule has 0 bridgehead atoms. The van der Waals surface area contributed by atoms with Crippen molar-refractivity contribution in [3.8, 4) is 45.2 Å². The molecule has 9 rings (SSSR count). The Morgan fingerprint density at radius 1 is 0.705 bits per heavy atom. The zero-order valence-electron chi connectivity index (χ0n) is 37.3. The second kappa shape index (κ2) is 15.9. The Balaban J connectivity index is 0.00000514. The Labute approximate surface area is 376 Å². The van der Waals surface area contributed by atoms with Crippen molar-refractivity contribution >= 4 is 44.9 Å². The number of imidazole rings is 1. The monoisotopic (exact) mass is 979 g/mol. The predicted molar refractivity (Wildman–Crippen MR) is 255 cm³/mol. The van der Waals surface area contributed by atoms with Crippen molar-refractivity contribution in [2.45, 2.75) is 99.3 Å². The van der Waals surface area contributed by atoms with Crippen LogP contribution < -0.4 is 16.4 Å². The molecule has 6 heteroatoms. The van der Waals surface area contributed by atoms with Gasteiger partial charge in [-0.25, -0.2) is 4.98 Å². The first-order valence-corrected chi connectivity index (χ1v) is 21.7. The molecular formula is C55H55BN3OPt-. The Kier molecular flexibility index (Phi) is 11.1. The molecule has 310 valence electrons. The number of fused-ring (bicyclic) bond motifs is 3. The van der Waals surface area contributed by atoms with E-state index in [1.165, 1.54) is 44.0 Å². The molecule has 0 aliphatic carbocycles. The number of phenols is 1. The number of benzene rings is 6. The summed E-state index contributed by atoms with van der Waals surface area (Å²) in [5, 5.41) is 14.1. The molecule has 4 nitrogen and oxygen atoms in total. The van der Waals surface area contributed by atoms with Gasteiger partial charge in [-0.05, 0) is 105 Å². The molecule has 0 atom stereocenters. The van der Waals surface area contributed by atoms with Crippen LogP contribution >= 0.6 is 0 Å². The summed E-state index contributed by atoms with van der Waals surface area (Å²) in [6, 6.07) is 41.8. The quantitative estimate of drug-likeness (QED) is 0.128. The molecule has 0 saturated heterocycles. The van der Waals surface area contributed by atoms with Gasteiger partial charge in [0.2, 0.25) is 6.71 Å². The molecule has 8 aromatic rings. The number of rotatable bonds is 7. The minimum Gasteiger partial charge on any atom is -0.507 e. The van der Waals surface area contributed by atoms with Crippen molar-refractivity contribution in [3.05, 3.63) is 149 Å². The molecule has 0 fully saturated rings. The van der Waals surface area contributed by atoms with E-state index in [1.807, 2.05) is 19.2 Å². The van der Waals surface area contributed by atoms with Crippen molar-refractivity contribution in [1.29, 1.82) is 0 Å². The maximum Gasteiger partial charge on any atom is 0.247 e. The van der Waals surface area contributed by atoms with E-state index in [0.717, 1.165) is 67.0 Å². The van der Waals surface area contributed by atoms with Crippen LogP contribution in [-0.2, 0) is 26.5 Å². The molecule has 0 saturated carbocycles. The number of aryl methyl sites for hydroxylation is 2. The van der Waals surface area contributed by atoms with Crippen LogP contribution in [0.15, 0.2) is 109 Å². The van der Waals surface area contributed by atoms with E-state index in [-0.39, 0.29) is 38.9 Å². The van der Waals surface area contributed by atoms with Crippen molar-refractivity contribution in [3.63, 3.8) is 0 Å². The third-order valence-corrected chi connectivity index (χ3v) is 12.8. The molecule has 2 aromatic heterocycles. The van der Waals surface area contributed by atoms with Gasteiger partial charge >= 0.3 is 0 Å². The molecule has 3 heterocycles. The van der Waals surface area contributed by atoms with E-state index in [4.69, 9.17) is 9.97 Å². The minimum absolute atomic E-state index is 0. The maximum atomic E-state index is 11.8. The Morgan fingerprint density at radius 3 is 2.10 bits per heavy atom. The van der Waals surface area contributed by atoms with Gasteiger partial charge in [0.15, 0.2) is 0 Å². The van der Waals surface area contributed by atoms with Gasteiger partial charge in [0, 0.05) is 38.6 Å². The molecule has 0 radical (unpaired) electrons. The fraction of sp³-hybridized carbons (Fsp3) is 0.273. The minimum atomic E-state index is -0.147. The smallest absolute Gasteiger partial charge is 0.247 e. The summed E-state index contributed by atoms with van der Waals surface area (Å²) in [5.74, 6) is 2.10. The summed E-state index contributed by atoms with van der Waals surface area (Å²) in [6.45, 7) is 24.6. The van der Waals surface area contributed by atoms with E-state index >= 15 is 0 Å². The summed E-state index contributed by atoms with van der Waals surface area (Å²) in [4.78, 5) is 10.7. The number of hydrogen-bond donors (Lipinski definition) is 1. The average Bonchev–Trinajstić information content (AvgIpc) is 3.62. The number of nitrogens with zero attached hydrogens (tertiary/aromatic N) is 3. The normalized spacial score (nSPS) is 12.5. The molecule has 0 spiro atoms. The first-order chi connectivity index (χ1) is 28.6. The second-order valence-electron chi connectivity index (χ2n) is 19.0. The molecule has 1 aliphatic rings. The standard InChI is InChI=1S/C55H55BN3O.Pt/c1-31(2)36-19-20-43-37(27-36)23-24-57-50(43)39-28-38(29-40(30-39)55(9,10)11)44-21-22-47-52-51(44)58-54(45-26-34(7)25-35(8)53(45)60)59(52)48-18-13-12-17-46(48)56(47)49-41(32(3)4)15-14-16-42(49)33(5)6;/h12-27,29-33,60H,1-11H3;/q-1;. The van der Waals surface area contributed by atoms with E-state index in [1.54, 1.807) is 0 Å². The summed E-state index contributed by atoms with van der Waals surface area (Å²) in [6.07, 6.45) is 1.93. The number of phenolic OH excluding ortho intramolecular Hbond substituents is 1. The van der Waals surface area contributed by atoms with Gasteiger partial charge in [-0.2, -0.15) is 0 Å². The van der Waals surface area contributed by atoms with Crippen LogP contribution in [0.5, 0.6) is 5.75 Å². The van der Waals surface area contributed by atoms with Crippen LogP contribution in [0.25, 0.3) is 61.3 Å². The Morgan fingerprint density at radius 2 is 1.41 bits per heavy atom. The Hall–Kier alpha value is -5.25. The second-order valence-corrected chi connectivity index (χ2v) is 19.0. The fourth-order valence-corrected chi connectivity index (χ4v) is 9.60. The van der Waals surface area contributed by atoms with Crippen molar-refractivity contribution in [2.24, 2.45) is 0 Å². The molecule has 1 N–H and O–H groups in total. The van der Waals surface area contributed by atoms with Crippen LogP contribution in [0.2, 0.25) is 0 Å². The summed E-state index contributed by atoms with van der Waals surface area (Å²) in [7, 11) is 0. The first-order valence-electron chi connectivity index (χ1n) is 21.7. The first kappa shape index (κ1) is 42.4. The molecule has 1 aliphatic heterocycles. The topological polar surface area (TPSA) is 50.9 Å². The van der Waals surface area contributed by atoms with Crippen molar-refractivity contribution < 1.29 is 26.2 Å². The van der Waals surface area contributed by atoms with Crippen LogP contribution in [0, 0.1) is 19.9 Å². The molecule has 0 amide bonds. The van der Waals surface area contributed by atoms with Crippen LogP contribution in [0.4, 0.5) is 0 Å². The van der Waals surface area contributed by atoms with Gasteiger partial charge in [-0.1, -0.05) is 152 Å². The summed E-state index contributed by atoms with van der Waals surface area (Å²) in [5.41, 5.74) is 18.5. The predicted octanol–water partition coefficient (Wildman–Crippen LogP) is 12.2. The van der Waals surface area contributed by atoms with Gasteiger partial charge in [-0.15, -0.1) is 29.3 Å². The largest absolute Gasteiger partial charge is 0.507 e. The van der Waals surface area contributed by atoms with Crippen LogP contribution in [-0.4, -0.2) is 26.4 Å². The third kappa shape index (κ3) is 7.17. The number of para-hydroxylation sites is 1. The van der Waals surface area contributed by atoms with E-state index in [2.05, 4.69) is 177 Å². The van der Waals surface area contributed by atoms with Gasteiger partial charge < -0.3 is 5.11 Å². The number of hydrogen-bond acceptors (Lipinski definition) is 3. The van der Waals surface area contributed by atoms with Gasteiger partial charge in [0.25, 0.3) is 0 Å². The zero-order chi connectivity index (χ0) is 42.4. The van der Waals surface area contributed by atoms with Gasteiger partial charge in [0.1, 0.15) is 11.6 Å². The SMILES string of the molecule is Cc1cc(C)c(O)c(-c2nc3c(-c4[c-]c(-c5nccc6cc(C(C)C)ccc56)cc(C(C)(C)C)c4)ccc4c3n2-c2ccccc2B4c2c(C(C)C)cccc2C(C)C)c1.[Pt]. The van der Waals surface area contributed by atoms with Crippen LogP contribution in [0.1, 0.15) is 113 Å². The number of aromatic hydroxyl groups is 1. The average molecular weight is 980 g/mol. The van der Waals surface area contributed by atoms with E-state index in [9.17, 15) is 5.11 Å². The fourth-order valence-electron chi connectivity index (χ4n) is 9.60.